The van der Waals surface area contributed by atoms with Crippen LogP contribution in [0.4, 0.5) is 0 Å². The van der Waals surface area contributed by atoms with Crippen molar-refractivity contribution in [1.29, 1.82) is 0 Å². The first-order valence-corrected chi connectivity index (χ1v) is 8.54. The molecule has 1 aliphatic carbocycles. The molecule has 0 saturated heterocycles. The quantitative estimate of drug-likeness (QED) is 0.414. The summed E-state index contributed by atoms with van der Waals surface area (Å²) in [6, 6.07) is 0. The third-order valence-electron chi connectivity index (χ3n) is 2.65. The molecule has 0 bridgehead atoms. The van der Waals surface area contributed by atoms with E-state index in [4.69, 9.17) is 0 Å². The molecule has 0 unspecified atom stereocenters. The molecule has 0 amide bonds. The molecule has 0 aromatic carbocycles. The van der Waals surface area contributed by atoms with E-state index in [0.717, 1.165) is 0 Å². The van der Waals surface area contributed by atoms with Crippen molar-refractivity contribution in [2.75, 3.05) is 0 Å². The summed E-state index contributed by atoms with van der Waals surface area (Å²) in [5.41, 5.74) is 0. The number of unbranched alkanes of at least 4 members (excludes halogenated alkanes) is 1. The molecular formula is C11H22Te. The molecular weight excluding hydrogens is 260 g/mol. The molecule has 0 atom stereocenters. The normalized spacial score (nSPS) is 20.8. The molecule has 1 heteroatoms. The van der Waals surface area contributed by atoms with E-state index in [2.05, 4.69) is 6.92 Å². The minimum absolute atomic E-state index is 0.408. The van der Waals surface area contributed by atoms with E-state index >= 15 is 0 Å². The van der Waals surface area contributed by atoms with Gasteiger partial charge in [0.1, 0.15) is 0 Å². The van der Waals surface area contributed by atoms with Gasteiger partial charge in [0.25, 0.3) is 0 Å². The second-order valence-electron chi connectivity index (χ2n) is 3.84. The van der Waals surface area contributed by atoms with Crippen LogP contribution in [0.5, 0.6) is 0 Å². The molecule has 0 spiro atoms. The topological polar surface area (TPSA) is 0 Å². The SMILES string of the molecule is CCCC[Te]C1CCCCCC1. The van der Waals surface area contributed by atoms with Crippen LogP contribution in [0.25, 0.3) is 0 Å². The van der Waals surface area contributed by atoms with Crippen LogP contribution in [0.15, 0.2) is 0 Å². The van der Waals surface area contributed by atoms with Crippen molar-refractivity contribution in [3.05, 3.63) is 0 Å². The van der Waals surface area contributed by atoms with E-state index in [0.29, 0.717) is 20.9 Å². The molecule has 1 aliphatic rings. The molecule has 0 aromatic heterocycles. The van der Waals surface area contributed by atoms with Gasteiger partial charge in [-0.05, 0) is 0 Å². The first-order valence-electron chi connectivity index (χ1n) is 5.55. The van der Waals surface area contributed by atoms with Gasteiger partial charge in [-0.25, -0.2) is 0 Å². The monoisotopic (exact) mass is 284 g/mol. The van der Waals surface area contributed by atoms with Gasteiger partial charge in [-0.15, -0.1) is 0 Å². The third kappa shape index (κ3) is 4.73. The molecule has 1 saturated carbocycles. The van der Waals surface area contributed by atoms with Crippen LogP contribution < -0.4 is 0 Å². The van der Waals surface area contributed by atoms with E-state index in [1.54, 1.807) is 30.2 Å². The van der Waals surface area contributed by atoms with Gasteiger partial charge in [0.05, 0.1) is 0 Å². The minimum atomic E-state index is 0.408. The first kappa shape index (κ1) is 10.9. The third-order valence-corrected chi connectivity index (χ3v) is 6.84. The van der Waals surface area contributed by atoms with Gasteiger partial charge in [-0.2, -0.15) is 0 Å². The Balaban J connectivity index is 2.04. The van der Waals surface area contributed by atoms with Gasteiger partial charge in [-0.1, -0.05) is 0 Å². The van der Waals surface area contributed by atoms with Crippen molar-refractivity contribution >= 4 is 20.9 Å². The summed E-state index contributed by atoms with van der Waals surface area (Å²) in [5.74, 6) is 0. The van der Waals surface area contributed by atoms with E-state index in [-0.39, 0.29) is 0 Å². The second kappa shape index (κ2) is 7.22. The Kier molecular flexibility index (Phi) is 6.54. The van der Waals surface area contributed by atoms with Gasteiger partial charge < -0.3 is 0 Å². The van der Waals surface area contributed by atoms with E-state index in [1.807, 2.05) is 0 Å². The molecule has 0 aliphatic heterocycles. The maximum atomic E-state index is 2.32. The van der Waals surface area contributed by atoms with E-state index in [1.165, 1.54) is 29.6 Å². The molecule has 1 rings (SSSR count). The maximum absolute atomic E-state index is 2.32. The zero-order chi connectivity index (χ0) is 8.65. The van der Waals surface area contributed by atoms with E-state index in [9.17, 15) is 0 Å². The molecule has 0 nitrogen and oxygen atoms in total. The molecule has 12 heavy (non-hydrogen) atoms. The number of hydrogen-bond acceptors (Lipinski definition) is 0. The van der Waals surface area contributed by atoms with Crippen LogP contribution in [-0.4, -0.2) is 20.9 Å². The van der Waals surface area contributed by atoms with Gasteiger partial charge in [0.2, 0.25) is 0 Å². The summed E-state index contributed by atoms with van der Waals surface area (Å²) in [4.78, 5) is 0. The average Bonchev–Trinajstić information content (AvgIpc) is 2.33. The first-order chi connectivity index (χ1) is 5.93. The number of rotatable bonds is 4. The fraction of sp³-hybridized carbons (Fsp3) is 1.00. The Hall–Kier alpha value is 0.790. The molecule has 0 heterocycles. The van der Waals surface area contributed by atoms with Crippen molar-refractivity contribution in [3.63, 3.8) is 0 Å². The Labute approximate surface area is 87.6 Å². The van der Waals surface area contributed by atoms with Crippen LogP contribution in [0.1, 0.15) is 58.3 Å². The molecule has 0 aromatic rings. The van der Waals surface area contributed by atoms with Gasteiger partial charge in [0.15, 0.2) is 0 Å². The summed E-state index contributed by atoms with van der Waals surface area (Å²) in [5, 5.41) is 0. The summed E-state index contributed by atoms with van der Waals surface area (Å²) in [6.07, 6.45) is 12.2. The van der Waals surface area contributed by atoms with Crippen LogP contribution >= 0.6 is 0 Å². The predicted octanol–water partition coefficient (Wildman–Crippen LogP) is 4.05. The summed E-state index contributed by atoms with van der Waals surface area (Å²) >= 11 is 0.408. The Morgan fingerprint density at radius 2 is 1.75 bits per heavy atom. The molecule has 1 fully saturated rings. The Bertz CT molecular complexity index is 93.2. The standard InChI is InChI=1S/C11H22Te/c1-2-3-10-12-11-8-6-4-5-7-9-11/h11H,2-10H2,1H3. The zero-order valence-corrected chi connectivity index (χ0v) is 10.7. The second-order valence-corrected chi connectivity index (χ2v) is 7.86. The van der Waals surface area contributed by atoms with Crippen LogP contribution in [0, 0.1) is 0 Å². The van der Waals surface area contributed by atoms with Gasteiger partial charge in [0, 0.05) is 0 Å². The summed E-state index contributed by atoms with van der Waals surface area (Å²) in [6.45, 7) is 2.32. The van der Waals surface area contributed by atoms with Crippen molar-refractivity contribution in [3.8, 4) is 0 Å². The predicted molar refractivity (Wildman–Crippen MR) is 56.9 cm³/mol. The summed E-state index contributed by atoms with van der Waals surface area (Å²) < 4.78 is 2.84. The van der Waals surface area contributed by atoms with Crippen LogP contribution in [0.2, 0.25) is 8.43 Å². The van der Waals surface area contributed by atoms with Crippen molar-refractivity contribution < 1.29 is 0 Å². The van der Waals surface area contributed by atoms with Gasteiger partial charge in [-0.3, -0.25) is 0 Å². The van der Waals surface area contributed by atoms with E-state index < -0.39 is 0 Å². The molecule has 0 N–H and O–H groups in total. The van der Waals surface area contributed by atoms with Gasteiger partial charge >= 0.3 is 87.6 Å². The molecule has 72 valence electrons. The van der Waals surface area contributed by atoms with Crippen molar-refractivity contribution in [1.82, 2.24) is 0 Å². The zero-order valence-electron chi connectivity index (χ0n) is 8.35. The Morgan fingerprint density at radius 1 is 1.08 bits per heavy atom. The van der Waals surface area contributed by atoms with Crippen molar-refractivity contribution in [2.45, 2.75) is 66.7 Å². The fourth-order valence-corrected chi connectivity index (χ4v) is 5.96. The Morgan fingerprint density at radius 3 is 2.33 bits per heavy atom. The summed E-state index contributed by atoms with van der Waals surface area (Å²) in [7, 11) is 0. The van der Waals surface area contributed by atoms with Crippen molar-refractivity contribution in [2.24, 2.45) is 0 Å². The van der Waals surface area contributed by atoms with Crippen LogP contribution in [-0.2, 0) is 0 Å². The fourth-order valence-electron chi connectivity index (χ4n) is 1.80. The average molecular weight is 282 g/mol. The number of hydrogen-bond donors (Lipinski definition) is 0. The molecule has 0 radical (unpaired) electrons. The van der Waals surface area contributed by atoms with Crippen LogP contribution in [0.3, 0.4) is 0 Å².